The lowest BCUT2D eigenvalue weighted by Gasteiger charge is -2.24. The first-order chi connectivity index (χ1) is 10.4. The van der Waals surface area contributed by atoms with Crippen molar-refractivity contribution in [2.45, 2.75) is 18.8 Å². The number of aromatic nitrogens is 3. The van der Waals surface area contributed by atoms with Crippen LogP contribution in [0.25, 0.3) is 11.0 Å². The summed E-state index contributed by atoms with van der Waals surface area (Å²) in [5.74, 6) is 1.41. The molecule has 1 fully saturated rings. The molecule has 3 rings (SSSR count). The summed E-state index contributed by atoms with van der Waals surface area (Å²) in [6.45, 7) is 0. The van der Waals surface area contributed by atoms with Gasteiger partial charge in [0.25, 0.3) is 5.56 Å². The second-order valence-electron chi connectivity index (χ2n) is 5.53. The Labute approximate surface area is 134 Å². The molecule has 118 valence electrons. The minimum Gasteiger partial charge on any atom is -0.295 e. The van der Waals surface area contributed by atoms with Crippen molar-refractivity contribution in [2.75, 3.05) is 18.6 Å². The maximum Gasteiger partial charge on any atom is 0.255 e. The number of halogens is 1. The molecule has 0 bridgehead atoms. The number of aryl methyl sites for hydroxylation is 1. The summed E-state index contributed by atoms with van der Waals surface area (Å²) in [5.41, 5.74) is 1.21. The van der Waals surface area contributed by atoms with Crippen LogP contribution in [0.5, 0.6) is 0 Å². The van der Waals surface area contributed by atoms with Crippen molar-refractivity contribution < 1.29 is 4.55 Å². The van der Waals surface area contributed by atoms with E-state index >= 15 is 0 Å². The van der Waals surface area contributed by atoms with E-state index in [9.17, 15) is 9.35 Å². The van der Waals surface area contributed by atoms with E-state index in [0.29, 0.717) is 27.7 Å². The highest BCUT2D eigenvalue weighted by Gasteiger charge is 2.33. The Hall–Kier alpha value is -1.31. The standard InChI is InChI=1S/C14H18ClN4O2S/c1-16-22(21)5-3-9(4-6-22)10-7-11-12(15)17-8-18-13(11)19(2)14(10)20/h7-9H,3-6H2,1-2H3,(H,16,21)/q+1. The predicted octanol–water partition coefficient (Wildman–Crippen LogP) is 2.30. The van der Waals surface area contributed by atoms with Crippen LogP contribution in [0.15, 0.2) is 21.6 Å². The van der Waals surface area contributed by atoms with Gasteiger partial charge in [-0.15, -0.1) is 4.36 Å². The largest absolute Gasteiger partial charge is 0.295 e. The number of hydrogen-bond acceptors (Lipinski definition) is 4. The van der Waals surface area contributed by atoms with E-state index < -0.39 is 10.1 Å². The minimum atomic E-state index is -1.83. The lowest BCUT2D eigenvalue weighted by molar-refractivity contribution is 0.557. The van der Waals surface area contributed by atoms with E-state index in [1.54, 1.807) is 14.1 Å². The molecule has 0 aliphatic carbocycles. The van der Waals surface area contributed by atoms with E-state index in [-0.39, 0.29) is 11.5 Å². The average molecular weight is 342 g/mol. The lowest BCUT2D eigenvalue weighted by atomic mass is 9.94. The van der Waals surface area contributed by atoms with E-state index in [4.69, 9.17) is 11.6 Å². The van der Waals surface area contributed by atoms with Crippen molar-refractivity contribution in [3.05, 3.63) is 33.5 Å². The number of rotatable bonds is 1. The molecule has 0 radical (unpaired) electrons. The Morgan fingerprint density at radius 2 is 2.09 bits per heavy atom. The fourth-order valence-electron chi connectivity index (χ4n) is 2.96. The SMILES string of the molecule is CN=[S+]1(O)CCC(c2cc3c(Cl)ncnc3n(C)c2=O)CC1. The molecule has 22 heavy (non-hydrogen) atoms. The van der Waals surface area contributed by atoms with Gasteiger partial charge in [0, 0.05) is 25.5 Å². The quantitative estimate of drug-likeness (QED) is 0.637. The average Bonchev–Trinajstić information content (AvgIpc) is 2.52. The van der Waals surface area contributed by atoms with Gasteiger partial charge in [0.15, 0.2) is 0 Å². The van der Waals surface area contributed by atoms with E-state index in [2.05, 4.69) is 14.3 Å². The van der Waals surface area contributed by atoms with Gasteiger partial charge in [0.05, 0.1) is 22.5 Å². The van der Waals surface area contributed by atoms with E-state index in [0.717, 1.165) is 18.4 Å². The molecular weight excluding hydrogens is 324 g/mol. The maximum atomic E-state index is 12.6. The van der Waals surface area contributed by atoms with E-state index in [1.165, 1.54) is 10.9 Å². The first-order valence-corrected chi connectivity index (χ1v) is 9.34. The van der Waals surface area contributed by atoms with Gasteiger partial charge in [0.2, 0.25) is 0 Å². The van der Waals surface area contributed by atoms with Gasteiger partial charge in [-0.25, -0.2) is 14.5 Å². The van der Waals surface area contributed by atoms with Crippen LogP contribution in [0.2, 0.25) is 5.15 Å². The third-order valence-corrected chi connectivity index (χ3v) is 7.11. The van der Waals surface area contributed by atoms with Gasteiger partial charge in [0.1, 0.15) is 28.6 Å². The Kier molecular flexibility index (Phi) is 4.05. The highest BCUT2D eigenvalue weighted by molar-refractivity contribution is 7.99. The van der Waals surface area contributed by atoms with Gasteiger partial charge >= 0.3 is 0 Å². The second kappa shape index (κ2) is 5.72. The lowest BCUT2D eigenvalue weighted by Crippen LogP contribution is -2.32. The molecule has 2 aromatic rings. The molecule has 0 aromatic carbocycles. The molecule has 0 unspecified atom stereocenters. The minimum absolute atomic E-state index is 0.0545. The van der Waals surface area contributed by atoms with E-state index in [1.807, 2.05) is 6.07 Å². The van der Waals surface area contributed by atoms with Crippen LogP contribution >= 0.6 is 11.6 Å². The molecule has 2 aromatic heterocycles. The van der Waals surface area contributed by atoms with Crippen molar-refractivity contribution in [2.24, 2.45) is 11.4 Å². The maximum absolute atomic E-state index is 12.6. The molecule has 0 spiro atoms. The van der Waals surface area contributed by atoms with Crippen molar-refractivity contribution in [1.29, 1.82) is 0 Å². The van der Waals surface area contributed by atoms with Crippen molar-refractivity contribution in [3.63, 3.8) is 0 Å². The third-order valence-electron chi connectivity index (χ3n) is 4.35. The van der Waals surface area contributed by atoms with Crippen LogP contribution in [0.4, 0.5) is 0 Å². The Morgan fingerprint density at radius 1 is 1.41 bits per heavy atom. The molecule has 1 saturated heterocycles. The smallest absolute Gasteiger partial charge is 0.255 e. The Morgan fingerprint density at radius 3 is 2.73 bits per heavy atom. The van der Waals surface area contributed by atoms with Crippen LogP contribution in [-0.4, -0.2) is 37.6 Å². The summed E-state index contributed by atoms with van der Waals surface area (Å²) in [7, 11) is 1.54. The molecule has 1 aliphatic rings. The molecule has 1 aliphatic heterocycles. The van der Waals surface area contributed by atoms with Gasteiger partial charge < -0.3 is 0 Å². The predicted molar refractivity (Wildman–Crippen MR) is 89.8 cm³/mol. The third kappa shape index (κ3) is 2.57. The number of fused-ring (bicyclic) bond motifs is 1. The molecule has 6 nitrogen and oxygen atoms in total. The van der Waals surface area contributed by atoms with Crippen LogP contribution in [-0.2, 0) is 17.2 Å². The van der Waals surface area contributed by atoms with Crippen molar-refractivity contribution in [1.82, 2.24) is 14.5 Å². The summed E-state index contributed by atoms with van der Waals surface area (Å²) in [6, 6.07) is 1.81. The van der Waals surface area contributed by atoms with Crippen molar-refractivity contribution >= 4 is 32.7 Å². The molecular formula is C14H18ClN4O2S+. The zero-order chi connectivity index (χ0) is 15.9. The highest BCUT2D eigenvalue weighted by Crippen LogP contribution is 2.32. The van der Waals surface area contributed by atoms with Gasteiger partial charge in [-0.3, -0.25) is 9.36 Å². The normalized spacial score (nSPS) is 25.4. The number of hydrogen-bond donors (Lipinski definition) is 1. The molecule has 3 heterocycles. The second-order valence-corrected chi connectivity index (χ2v) is 8.68. The van der Waals surface area contributed by atoms with Gasteiger partial charge in [-0.2, -0.15) is 0 Å². The monoisotopic (exact) mass is 341 g/mol. The summed E-state index contributed by atoms with van der Waals surface area (Å²) >= 11 is 6.14. The summed E-state index contributed by atoms with van der Waals surface area (Å²) in [6.07, 6.45) is 2.88. The molecule has 8 heteroatoms. The Bertz CT molecular complexity index is 837. The Balaban J connectivity index is 2.07. The zero-order valence-electron chi connectivity index (χ0n) is 12.5. The topological polar surface area (TPSA) is 80.4 Å². The van der Waals surface area contributed by atoms with Crippen LogP contribution in [0.3, 0.4) is 0 Å². The van der Waals surface area contributed by atoms with Gasteiger partial charge in [-0.1, -0.05) is 11.6 Å². The highest BCUT2D eigenvalue weighted by atomic mass is 35.5. The van der Waals surface area contributed by atoms with Crippen LogP contribution in [0, 0.1) is 0 Å². The van der Waals surface area contributed by atoms with Gasteiger partial charge in [-0.05, 0) is 12.0 Å². The first-order valence-electron chi connectivity index (χ1n) is 7.07. The summed E-state index contributed by atoms with van der Waals surface area (Å²) in [4.78, 5) is 20.7. The molecule has 0 atom stereocenters. The zero-order valence-corrected chi connectivity index (χ0v) is 14.1. The molecule has 1 N–H and O–H groups in total. The first kappa shape index (κ1) is 15.6. The molecule has 0 amide bonds. The summed E-state index contributed by atoms with van der Waals surface area (Å²) < 4.78 is 15.9. The number of nitrogens with zero attached hydrogens (tertiary/aromatic N) is 4. The molecule has 0 saturated carbocycles. The van der Waals surface area contributed by atoms with Crippen LogP contribution < -0.4 is 5.56 Å². The van der Waals surface area contributed by atoms with Crippen molar-refractivity contribution in [3.8, 4) is 0 Å². The summed E-state index contributed by atoms with van der Waals surface area (Å²) in [5, 5.41) is 1.04. The fraction of sp³-hybridized carbons (Fsp3) is 0.500. The van der Waals surface area contributed by atoms with Crippen LogP contribution in [0.1, 0.15) is 24.3 Å². The number of pyridine rings is 1. The fourth-order valence-corrected chi connectivity index (χ4v) is 5.03.